The molecule has 2 aromatic carbocycles. The summed E-state index contributed by atoms with van der Waals surface area (Å²) in [7, 11) is 1.85. The highest BCUT2D eigenvalue weighted by Crippen LogP contribution is 2.36. The minimum Gasteiger partial charge on any atom is -0.381 e. The molecule has 1 aliphatic heterocycles. The minimum absolute atomic E-state index is 0.184. The number of halogens is 2. The van der Waals surface area contributed by atoms with Gasteiger partial charge in [-0.05, 0) is 73.2 Å². The van der Waals surface area contributed by atoms with Gasteiger partial charge in [-0.1, -0.05) is 19.1 Å². The molecule has 0 aromatic heterocycles. The molecule has 2 aromatic rings. The number of hydrogen-bond donors (Lipinski definition) is 1. The van der Waals surface area contributed by atoms with Crippen molar-refractivity contribution in [2.45, 2.75) is 25.8 Å². The van der Waals surface area contributed by atoms with E-state index in [-0.39, 0.29) is 11.8 Å². The molecule has 1 amide bonds. The fraction of sp³-hybridized carbons (Fsp3) is 0.278. The number of nitrogens with zero attached hydrogens (tertiary/aromatic N) is 1. The van der Waals surface area contributed by atoms with Crippen LogP contribution in [0.3, 0.4) is 0 Å². The quantitative estimate of drug-likeness (QED) is 0.706. The average Bonchev–Trinajstić information content (AvgIpc) is 2.54. The van der Waals surface area contributed by atoms with Crippen molar-refractivity contribution in [2.75, 3.05) is 17.3 Å². The topological polar surface area (TPSA) is 32.3 Å². The van der Waals surface area contributed by atoms with E-state index in [0.29, 0.717) is 6.42 Å². The van der Waals surface area contributed by atoms with Gasteiger partial charge in [-0.25, -0.2) is 0 Å². The number of amides is 1. The first-order valence-corrected chi connectivity index (χ1v) is 9.13. The van der Waals surface area contributed by atoms with Crippen LogP contribution in [0.15, 0.2) is 45.3 Å². The second-order valence-corrected chi connectivity index (χ2v) is 7.55. The van der Waals surface area contributed by atoms with Gasteiger partial charge in [0.1, 0.15) is 0 Å². The maximum Gasteiger partial charge on any atom is 0.227 e. The molecule has 1 N–H and O–H groups in total. The Morgan fingerprint density at radius 1 is 1.26 bits per heavy atom. The third kappa shape index (κ3) is 3.31. The van der Waals surface area contributed by atoms with E-state index in [1.807, 2.05) is 31.3 Å². The summed E-state index contributed by atoms with van der Waals surface area (Å²) in [6, 6.07) is 12.4. The van der Waals surface area contributed by atoms with Gasteiger partial charge in [-0.3, -0.25) is 4.79 Å². The third-order valence-electron chi connectivity index (χ3n) is 4.29. The summed E-state index contributed by atoms with van der Waals surface area (Å²) in [5.41, 5.74) is 4.51. The number of benzene rings is 2. The molecule has 3 rings (SSSR count). The number of fused-ring (bicyclic) bond motifs is 1. The van der Waals surface area contributed by atoms with E-state index in [1.54, 1.807) is 4.90 Å². The second kappa shape index (κ2) is 6.65. The fourth-order valence-electron chi connectivity index (χ4n) is 2.89. The first-order valence-electron chi connectivity index (χ1n) is 7.54. The Morgan fingerprint density at radius 2 is 2.04 bits per heavy atom. The Balaban J connectivity index is 1.81. The smallest absolute Gasteiger partial charge is 0.227 e. The number of carbonyl (C=O) groups is 1. The van der Waals surface area contributed by atoms with Crippen LogP contribution in [0, 0.1) is 0 Å². The highest BCUT2D eigenvalue weighted by atomic mass is 79.9. The molecule has 0 fully saturated rings. The Morgan fingerprint density at radius 3 is 2.83 bits per heavy atom. The molecule has 0 aliphatic carbocycles. The van der Waals surface area contributed by atoms with Gasteiger partial charge in [-0.15, -0.1) is 0 Å². The Hall–Kier alpha value is -1.33. The van der Waals surface area contributed by atoms with Gasteiger partial charge in [0.15, 0.2) is 0 Å². The molecule has 5 heteroatoms. The van der Waals surface area contributed by atoms with Gasteiger partial charge in [0.05, 0.1) is 0 Å². The number of carbonyl (C=O) groups excluding carboxylic acids is 1. The van der Waals surface area contributed by atoms with E-state index < -0.39 is 0 Å². The summed E-state index contributed by atoms with van der Waals surface area (Å²) in [4.78, 5) is 13.7. The van der Waals surface area contributed by atoms with Crippen LogP contribution < -0.4 is 10.2 Å². The van der Waals surface area contributed by atoms with Crippen molar-refractivity contribution in [1.29, 1.82) is 0 Å². The van der Waals surface area contributed by atoms with Crippen LogP contribution in [0.4, 0.5) is 11.4 Å². The number of rotatable bonds is 3. The lowest BCUT2D eigenvalue weighted by Crippen LogP contribution is -2.32. The van der Waals surface area contributed by atoms with Gasteiger partial charge in [-0.2, -0.15) is 0 Å². The molecular weight excluding hydrogens is 420 g/mol. The molecule has 1 heterocycles. The summed E-state index contributed by atoms with van der Waals surface area (Å²) < 4.78 is 2.13. The van der Waals surface area contributed by atoms with Crippen molar-refractivity contribution in [3.05, 3.63) is 56.5 Å². The van der Waals surface area contributed by atoms with E-state index in [4.69, 9.17) is 0 Å². The third-order valence-corrected chi connectivity index (χ3v) is 6.42. The van der Waals surface area contributed by atoms with Crippen molar-refractivity contribution in [2.24, 2.45) is 0 Å². The minimum atomic E-state index is 0.184. The average molecular weight is 438 g/mol. The summed E-state index contributed by atoms with van der Waals surface area (Å²) >= 11 is 7.14. The van der Waals surface area contributed by atoms with Crippen molar-refractivity contribution in [3.63, 3.8) is 0 Å². The van der Waals surface area contributed by atoms with E-state index >= 15 is 0 Å². The van der Waals surface area contributed by atoms with E-state index in [9.17, 15) is 4.79 Å². The maximum atomic E-state index is 11.9. The maximum absolute atomic E-state index is 11.9. The Labute approximate surface area is 153 Å². The summed E-state index contributed by atoms with van der Waals surface area (Å²) in [6.07, 6.45) is 0.574. The molecule has 0 saturated heterocycles. The normalized spacial score (nSPS) is 17.1. The van der Waals surface area contributed by atoms with Crippen LogP contribution in [-0.2, 0) is 11.3 Å². The largest absolute Gasteiger partial charge is 0.381 e. The summed E-state index contributed by atoms with van der Waals surface area (Å²) in [6.45, 7) is 2.85. The Kier molecular flexibility index (Phi) is 4.78. The van der Waals surface area contributed by atoms with Crippen LogP contribution in [0.1, 0.15) is 30.4 Å². The number of nitrogens with one attached hydrogen (secondary N) is 1. The van der Waals surface area contributed by atoms with Gasteiger partial charge < -0.3 is 10.2 Å². The number of anilines is 2. The molecular formula is C18H18Br2N2O. The summed E-state index contributed by atoms with van der Waals surface area (Å²) in [5.74, 6) is 0.442. The van der Waals surface area contributed by atoms with Crippen LogP contribution in [0.25, 0.3) is 0 Å². The van der Waals surface area contributed by atoms with Crippen molar-refractivity contribution in [3.8, 4) is 0 Å². The van der Waals surface area contributed by atoms with E-state index in [0.717, 1.165) is 26.9 Å². The fourth-order valence-corrected chi connectivity index (χ4v) is 3.70. The van der Waals surface area contributed by atoms with Crippen molar-refractivity contribution in [1.82, 2.24) is 0 Å². The standard InChI is InChI=1S/C18H18Br2N2O/c1-11-8-17(23)22(2)16-7-6-13(9-14(11)16)21-10-12-4-3-5-15(19)18(12)20/h3-7,9,11,21H,8,10H2,1-2H3. The molecule has 0 radical (unpaired) electrons. The van der Waals surface area contributed by atoms with Gasteiger partial charge in [0.2, 0.25) is 5.91 Å². The highest BCUT2D eigenvalue weighted by molar-refractivity contribution is 9.13. The molecule has 0 spiro atoms. The zero-order chi connectivity index (χ0) is 16.6. The predicted octanol–water partition coefficient (Wildman–Crippen LogP) is 5.29. The zero-order valence-electron chi connectivity index (χ0n) is 13.1. The van der Waals surface area contributed by atoms with Crippen LogP contribution >= 0.6 is 31.9 Å². The molecule has 0 bridgehead atoms. The molecule has 120 valence electrons. The van der Waals surface area contributed by atoms with Gasteiger partial charge in [0.25, 0.3) is 0 Å². The Bertz CT molecular complexity index is 761. The van der Waals surface area contributed by atoms with E-state index in [2.05, 4.69) is 56.2 Å². The molecule has 1 unspecified atom stereocenters. The highest BCUT2D eigenvalue weighted by Gasteiger charge is 2.26. The summed E-state index contributed by atoms with van der Waals surface area (Å²) in [5, 5.41) is 3.47. The van der Waals surface area contributed by atoms with Crippen molar-refractivity contribution >= 4 is 49.1 Å². The molecule has 1 aliphatic rings. The molecule has 1 atom stereocenters. The lowest BCUT2D eigenvalue weighted by atomic mass is 9.91. The molecule has 23 heavy (non-hydrogen) atoms. The lowest BCUT2D eigenvalue weighted by molar-refractivity contribution is -0.119. The zero-order valence-corrected chi connectivity index (χ0v) is 16.2. The molecule has 3 nitrogen and oxygen atoms in total. The predicted molar refractivity (Wildman–Crippen MR) is 102 cm³/mol. The van der Waals surface area contributed by atoms with Crippen molar-refractivity contribution < 1.29 is 4.79 Å². The van der Waals surface area contributed by atoms with Crippen LogP contribution in [0.2, 0.25) is 0 Å². The van der Waals surface area contributed by atoms with Gasteiger partial charge in [0, 0.05) is 40.3 Å². The number of hydrogen-bond acceptors (Lipinski definition) is 2. The molecule has 0 saturated carbocycles. The van der Waals surface area contributed by atoms with Gasteiger partial charge >= 0.3 is 0 Å². The van der Waals surface area contributed by atoms with Crippen LogP contribution in [-0.4, -0.2) is 13.0 Å². The SMILES string of the molecule is CC1CC(=O)N(C)c2ccc(NCc3cccc(Br)c3Br)cc21. The first-order chi connectivity index (χ1) is 11.0. The van der Waals surface area contributed by atoms with Crippen LogP contribution in [0.5, 0.6) is 0 Å². The van der Waals surface area contributed by atoms with E-state index in [1.165, 1.54) is 11.1 Å². The first kappa shape index (κ1) is 16.5. The second-order valence-electron chi connectivity index (χ2n) is 5.90. The monoisotopic (exact) mass is 436 g/mol. The lowest BCUT2D eigenvalue weighted by Gasteiger charge is -2.30.